The number of nitrogens with two attached hydrogens (primary N) is 1. The molecule has 0 aromatic heterocycles. The fourth-order valence-electron chi connectivity index (χ4n) is 1.37. The molecule has 0 bridgehead atoms. The monoisotopic (exact) mass is 236 g/mol. The van der Waals surface area contributed by atoms with Gasteiger partial charge in [-0.15, -0.1) is 12.4 Å². The molecule has 2 N–H and O–H groups in total. The molecule has 1 unspecified atom stereocenters. The average molecular weight is 237 g/mol. The molecule has 0 aliphatic heterocycles. The lowest BCUT2D eigenvalue weighted by Gasteiger charge is -2.25. The zero-order valence-corrected chi connectivity index (χ0v) is 11.1. The summed E-state index contributed by atoms with van der Waals surface area (Å²) in [5.74, 6) is 0.742. The van der Waals surface area contributed by atoms with E-state index in [4.69, 9.17) is 5.73 Å². The number of hydrogen-bond acceptors (Lipinski definition) is 2. The molecular weight excluding hydrogens is 212 g/mol. The summed E-state index contributed by atoms with van der Waals surface area (Å²) >= 11 is 0. The van der Waals surface area contributed by atoms with Crippen molar-refractivity contribution < 1.29 is 4.79 Å². The largest absolute Gasteiger partial charge is 0.342 e. The van der Waals surface area contributed by atoms with Crippen LogP contribution in [0.3, 0.4) is 0 Å². The van der Waals surface area contributed by atoms with Crippen molar-refractivity contribution in [1.82, 2.24) is 4.90 Å². The van der Waals surface area contributed by atoms with E-state index in [2.05, 4.69) is 13.8 Å². The maximum atomic E-state index is 11.7. The summed E-state index contributed by atoms with van der Waals surface area (Å²) in [6.45, 7) is 6.78. The molecular formula is C11H25ClN2O. The first-order valence-electron chi connectivity index (χ1n) is 5.52. The Morgan fingerprint density at radius 3 is 2.13 bits per heavy atom. The van der Waals surface area contributed by atoms with E-state index >= 15 is 0 Å². The number of carbonyl (C=O) groups is 1. The van der Waals surface area contributed by atoms with Crippen LogP contribution in [0.1, 0.15) is 40.0 Å². The van der Waals surface area contributed by atoms with Crippen molar-refractivity contribution in [1.29, 1.82) is 0 Å². The maximum absolute atomic E-state index is 11.7. The van der Waals surface area contributed by atoms with Crippen LogP contribution in [0.4, 0.5) is 0 Å². The van der Waals surface area contributed by atoms with Crippen LogP contribution in [0.2, 0.25) is 0 Å². The van der Waals surface area contributed by atoms with Crippen LogP contribution in [-0.2, 0) is 4.79 Å². The van der Waals surface area contributed by atoms with Crippen molar-refractivity contribution >= 4 is 18.3 Å². The molecule has 1 amide bonds. The van der Waals surface area contributed by atoms with Crippen molar-refractivity contribution in [3.05, 3.63) is 0 Å². The van der Waals surface area contributed by atoms with Crippen molar-refractivity contribution in [3.8, 4) is 0 Å². The lowest BCUT2D eigenvalue weighted by atomic mass is 9.98. The number of likely N-dealkylation sites (N-methyl/N-ethyl adjacent to an activating group) is 1. The van der Waals surface area contributed by atoms with Gasteiger partial charge in [0.05, 0.1) is 0 Å². The second-order valence-electron chi connectivity index (χ2n) is 3.98. The molecule has 0 saturated heterocycles. The van der Waals surface area contributed by atoms with Crippen LogP contribution in [0.15, 0.2) is 0 Å². The first-order valence-corrected chi connectivity index (χ1v) is 5.52. The van der Waals surface area contributed by atoms with Gasteiger partial charge in [-0.1, -0.05) is 26.7 Å². The first-order chi connectivity index (χ1) is 6.56. The lowest BCUT2D eigenvalue weighted by Crippen LogP contribution is -2.40. The molecule has 0 radical (unpaired) electrons. The van der Waals surface area contributed by atoms with Gasteiger partial charge >= 0.3 is 0 Å². The Kier molecular flexibility index (Phi) is 10.3. The third kappa shape index (κ3) is 6.00. The Morgan fingerprint density at radius 1 is 1.33 bits per heavy atom. The van der Waals surface area contributed by atoms with Gasteiger partial charge in [-0.2, -0.15) is 0 Å². The van der Waals surface area contributed by atoms with E-state index in [9.17, 15) is 4.79 Å². The molecule has 15 heavy (non-hydrogen) atoms. The number of amides is 1. The van der Waals surface area contributed by atoms with Gasteiger partial charge in [0.25, 0.3) is 0 Å². The van der Waals surface area contributed by atoms with Gasteiger partial charge in [-0.05, 0) is 12.8 Å². The molecule has 0 aliphatic carbocycles. The fourth-order valence-corrected chi connectivity index (χ4v) is 1.37. The number of halogens is 1. The molecule has 0 aromatic rings. The van der Waals surface area contributed by atoms with E-state index < -0.39 is 0 Å². The Balaban J connectivity index is 0. The smallest absolute Gasteiger partial charge is 0.222 e. The van der Waals surface area contributed by atoms with Crippen molar-refractivity contribution in [3.63, 3.8) is 0 Å². The van der Waals surface area contributed by atoms with Crippen molar-refractivity contribution in [2.75, 3.05) is 13.6 Å². The normalized spacial score (nSPS) is 12.1. The second-order valence-corrected chi connectivity index (χ2v) is 3.98. The third-order valence-corrected chi connectivity index (χ3v) is 3.01. The van der Waals surface area contributed by atoms with Gasteiger partial charge in [-0.25, -0.2) is 0 Å². The van der Waals surface area contributed by atoms with Crippen LogP contribution in [0.5, 0.6) is 0 Å². The minimum absolute atomic E-state index is 0. The summed E-state index contributed by atoms with van der Waals surface area (Å²) in [5.41, 5.74) is 5.51. The van der Waals surface area contributed by atoms with E-state index in [-0.39, 0.29) is 24.4 Å². The standard InChI is InChI=1S/C11H24N2O.ClH/c1-5-10(6-2)7-11(14)13(4)9(3)8-12;/h9-10H,5-8,12H2,1-4H3;1H. The molecule has 0 spiro atoms. The Morgan fingerprint density at radius 2 is 1.80 bits per heavy atom. The van der Waals surface area contributed by atoms with Crippen LogP contribution in [0.25, 0.3) is 0 Å². The van der Waals surface area contributed by atoms with Gasteiger partial charge in [0.2, 0.25) is 5.91 Å². The van der Waals surface area contributed by atoms with Crippen LogP contribution in [0, 0.1) is 5.92 Å². The summed E-state index contributed by atoms with van der Waals surface area (Å²) in [6.07, 6.45) is 2.81. The van der Waals surface area contributed by atoms with E-state index in [1.54, 1.807) is 4.90 Å². The number of carbonyl (C=O) groups excluding carboxylic acids is 1. The van der Waals surface area contributed by atoms with Crippen LogP contribution >= 0.6 is 12.4 Å². The van der Waals surface area contributed by atoms with Gasteiger partial charge in [-0.3, -0.25) is 4.79 Å². The van der Waals surface area contributed by atoms with Gasteiger partial charge in [0, 0.05) is 26.1 Å². The Hall–Kier alpha value is -0.280. The molecule has 3 nitrogen and oxygen atoms in total. The summed E-state index contributed by atoms with van der Waals surface area (Å²) in [7, 11) is 1.84. The first kappa shape index (κ1) is 17.1. The van der Waals surface area contributed by atoms with Gasteiger partial charge in [0.15, 0.2) is 0 Å². The quantitative estimate of drug-likeness (QED) is 0.767. The minimum Gasteiger partial charge on any atom is -0.342 e. The van der Waals surface area contributed by atoms with Crippen LogP contribution in [-0.4, -0.2) is 30.4 Å². The zero-order chi connectivity index (χ0) is 11.1. The maximum Gasteiger partial charge on any atom is 0.222 e. The average Bonchev–Trinajstić information content (AvgIpc) is 2.23. The number of hydrogen-bond donors (Lipinski definition) is 1. The predicted molar refractivity (Wildman–Crippen MR) is 67.2 cm³/mol. The van der Waals surface area contributed by atoms with Gasteiger partial charge in [0.1, 0.15) is 0 Å². The molecule has 0 saturated carbocycles. The summed E-state index contributed by atoms with van der Waals surface area (Å²) in [5, 5.41) is 0. The molecule has 4 heteroatoms. The number of nitrogens with zero attached hydrogens (tertiary/aromatic N) is 1. The van der Waals surface area contributed by atoms with E-state index in [0.717, 1.165) is 12.8 Å². The topological polar surface area (TPSA) is 46.3 Å². The summed E-state index contributed by atoms with van der Waals surface area (Å²) in [4.78, 5) is 13.5. The highest BCUT2D eigenvalue weighted by atomic mass is 35.5. The Labute approximate surface area is 99.8 Å². The highest BCUT2D eigenvalue weighted by Gasteiger charge is 2.17. The third-order valence-electron chi connectivity index (χ3n) is 3.01. The highest BCUT2D eigenvalue weighted by Crippen LogP contribution is 2.14. The van der Waals surface area contributed by atoms with E-state index in [1.807, 2.05) is 14.0 Å². The molecule has 0 rings (SSSR count). The molecule has 0 heterocycles. The summed E-state index contributed by atoms with van der Waals surface area (Å²) in [6, 6.07) is 0.150. The highest BCUT2D eigenvalue weighted by molar-refractivity contribution is 5.85. The molecule has 0 aliphatic rings. The molecule has 0 fully saturated rings. The lowest BCUT2D eigenvalue weighted by molar-refractivity contribution is -0.132. The zero-order valence-electron chi connectivity index (χ0n) is 10.3. The van der Waals surface area contributed by atoms with Gasteiger partial charge < -0.3 is 10.6 Å². The molecule has 92 valence electrons. The fraction of sp³-hybridized carbons (Fsp3) is 0.909. The second kappa shape index (κ2) is 8.98. The predicted octanol–water partition coefficient (Wildman–Crippen LogP) is 2.04. The Bertz CT molecular complexity index is 172. The van der Waals surface area contributed by atoms with Crippen molar-refractivity contribution in [2.24, 2.45) is 11.7 Å². The summed E-state index contributed by atoms with van der Waals surface area (Å²) < 4.78 is 0. The SMILES string of the molecule is CCC(CC)CC(=O)N(C)C(C)CN.Cl. The van der Waals surface area contributed by atoms with Crippen LogP contribution < -0.4 is 5.73 Å². The van der Waals surface area contributed by atoms with Crippen molar-refractivity contribution in [2.45, 2.75) is 46.1 Å². The molecule has 1 atom stereocenters. The van der Waals surface area contributed by atoms with E-state index in [0.29, 0.717) is 18.9 Å². The molecule has 0 aromatic carbocycles. The van der Waals surface area contributed by atoms with E-state index in [1.165, 1.54) is 0 Å². The number of rotatable bonds is 6. The minimum atomic E-state index is 0.